The van der Waals surface area contributed by atoms with Gasteiger partial charge in [0.2, 0.25) is 5.88 Å². The molecular weight excluding hydrogens is 456 g/mol. The van der Waals surface area contributed by atoms with Crippen LogP contribution < -0.4 is 4.74 Å². The van der Waals surface area contributed by atoms with Gasteiger partial charge in [-0.2, -0.15) is 0 Å². The molecule has 0 amide bonds. The van der Waals surface area contributed by atoms with Gasteiger partial charge in [-0.3, -0.25) is 0 Å². The van der Waals surface area contributed by atoms with Gasteiger partial charge in [0.25, 0.3) is 0 Å². The summed E-state index contributed by atoms with van der Waals surface area (Å²) in [5, 5.41) is 20.8. The number of aromatic nitrogens is 1. The van der Waals surface area contributed by atoms with Crippen molar-refractivity contribution in [3.63, 3.8) is 0 Å². The molecule has 1 aliphatic rings. The van der Waals surface area contributed by atoms with E-state index in [1.54, 1.807) is 12.1 Å². The van der Waals surface area contributed by atoms with Gasteiger partial charge in [-0.05, 0) is 60.9 Å². The fraction of sp³-hybridized carbons (Fsp3) is 0.185. The van der Waals surface area contributed by atoms with Crippen molar-refractivity contribution in [1.82, 2.24) is 4.98 Å². The minimum absolute atomic E-state index is 0.0321. The van der Waals surface area contributed by atoms with Gasteiger partial charge in [0.05, 0.1) is 16.6 Å². The van der Waals surface area contributed by atoms with E-state index in [-0.39, 0.29) is 23.1 Å². The number of hydrogen-bond donors (Lipinski definition) is 2. The average molecular weight is 477 g/mol. The van der Waals surface area contributed by atoms with Gasteiger partial charge in [0.15, 0.2) is 11.6 Å². The highest BCUT2D eigenvalue weighted by Crippen LogP contribution is 2.45. The molecule has 0 aliphatic carbocycles. The lowest BCUT2D eigenvalue weighted by Gasteiger charge is -2.26. The van der Waals surface area contributed by atoms with Gasteiger partial charge in [-0.15, -0.1) is 0 Å². The molecule has 0 atom stereocenters. The van der Waals surface area contributed by atoms with E-state index in [9.17, 15) is 18.7 Å². The minimum atomic E-state index is -1.06. The number of aromatic hydroxyl groups is 1. The molecule has 4 aromatic rings. The van der Waals surface area contributed by atoms with E-state index in [4.69, 9.17) is 19.6 Å². The van der Waals surface area contributed by atoms with Crippen molar-refractivity contribution >= 4 is 16.7 Å². The molecule has 3 aromatic carbocycles. The Morgan fingerprint density at radius 3 is 2.43 bits per heavy atom. The number of fused-ring (bicyclic) bond motifs is 1. The predicted octanol–water partition coefficient (Wildman–Crippen LogP) is 6.27. The molecule has 1 aromatic heterocycles. The zero-order valence-electron chi connectivity index (χ0n) is 18.5. The predicted molar refractivity (Wildman–Crippen MR) is 125 cm³/mol. The van der Waals surface area contributed by atoms with Crippen LogP contribution in [0, 0.1) is 11.6 Å². The number of nitrogens with zero attached hydrogens (tertiary/aromatic N) is 1. The number of carboxylic acid groups (broad SMARTS) is 1. The largest absolute Gasteiger partial charge is 0.507 e. The Kier molecular flexibility index (Phi) is 6.05. The lowest BCUT2D eigenvalue weighted by Crippen LogP contribution is -2.16. The molecule has 0 unspecified atom stereocenters. The van der Waals surface area contributed by atoms with Gasteiger partial charge in [0.1, 0.15) is 11.5 Å². The van der Waals surface area contributed by atoms with Crippen molar-refractivity contribution < 1.29 is 33.3 Å². The van der Waals surface area contributed by atoms with Crippen LogP contribution >= 0.6 is 0 Å². The second-order valence-corrected chi connectivity index (χ2v) is 8.32. The van der Waals surface area contributed by atoms with E-state index in [0.29, 0.717) is 59.4 Å². The van der Waals surface area contributed by atoms with Crippen molar-refractivity contribution in [1.29, 1.82) is 0 Å². The monoisotopic (exact) mass is 477 g/mol. The second kappa shape index (κ2) is 9.31. The molecular formula is C27H21F2NO5. The molecule has 0 bridgehead atoms. The van der Waals surface area contributed by atoms with Crippen molar-refractivity contribution in [2.45, 2.75) is 18.8 Å². The molecule has 6 nitrogen and oxygen atoms in total. The maximum atomic E-state index is 14.2. The third-order valence-electron chi connectivity index (χ3n) is 6.14. The van der Waals surface area contributed by atoms with E-state index < -0.39 is 17.6 Å². The van der Waals surface area contributed by atoms with Gasteiger partial charge in [-0.25, -0.2) is 18.6 Å². The molecule has 178 valence electrons. The standard InChI is InChI=1S/C27H21F2NO5/c28-20-9-6-17(14-21(20)29)23-19-2-1-3-22(31)24(19)26(30-25(23)15-10-12-34-13-11-15)35-18-7-4-16(5-8-18)27(32)33/h1-9,14-15,31H,10-13H2,(H,32,33). The van der Waals surface area contributed by atoms with Gasteiger partial charge in [-0.1, -0.05) is 18.2 Å². The number of phenols is 1. The first-order valence-corrected chi connectivity index (χ1v) is 11.1. The summed E-state index contributed by atoms with van der Waals surface area (Å²) >= 11 is 0. The number of benzene rings is 3. The average Bonchev–Trinajstić information content (AvgIpc) is 2.86. The normalized spacial score (nSPS) is 14.2. The van der Waals surface area contributed by atoms with Crippen LogP contribution in [0.15, 0.2) is 60.7 Å². The molecule has 0 radical (unpaired) electrons. The lowest BCUT2D eigenvalue weighted by molar-refractivity contribution is 0.0697. The van der Waals surface area contributed by atoms with E-state index in [1.807, 2.05) is 0 Å². The maximum absolute atomic E-state index is 14.2. The van der Waals surface area contributed by atoms with Gasteiger partial charge < -0.3 is 19.7 Å². The Morgan fingerprint density at radius 1 is 1.00 bits per heavy atom. The Balaban J connectivity index is 1.73. The van der Waals surface area contributed by atoms with Crippen molar-refractivity contribution in [3.8, 4) is 28.5 Å². The second-order valence-electron chi connectivity index (χ2n) is 8.32. The van der Waals surface area contributed by atoms with Crippen molar-refractivity contribution in [2.75, 3.05) is 13.2 Å². The van der Waals surface area contributed by atoms with Crippen molar-refractivity contribution in [2.24, 2.45) is 0 Å². The first-order chi connectivity index (χ1) is 16.9. The van der Waals surface area contributed by atoms with E-state index in [0.717, 1.165) is 12.1 Å². The number of aromatic carboxylic acids is 1. The Labute approximate surface area is 199 Å². The summed E-state index contributed by atoms with van der Waals surface area (Å²) in [4.78, 5) is 16.0. The molecule has 8 heteroatoms. The van der Waals surface area contributed by atoms with Crippen LogP contribution in [-0.4, -0.2) is 34.4 Å². The molecule has 1 fully saturated rings. The highest BCUT2D eigenvalue weighted by atomic mass is 19.2. The summed E-state index contributed by atoms with van der Waals surface area (Å²) in [6, 6.07) is 14.5. The Hall–Kier alpha value is -4.04. The summed E-state index contributed by atoms with van der Waals surface area (Å²) in [6.07, 6.45) is 1.36. The molecule has 0 spiro atoms. The number of halogens is 2. The lowest BCUT2D eigenvalue weighted by atomic mass is 9.87. The zero-order valence-corrected chi connectivity index (χ0v) is 18.5. The quantitative estimate of drug-likeness (QED) is 0.352. The fourth-order valence-electron chi connectivity index (χ4n) is 4.40. The van der Waals surface area contributed by atoms with Crippen LogP contribution in [0.25, 0.3) is 21.9 Å². The van der Waals surface area contributed by atoms with Crippen LogP contribution in [0.5, 0.6) is 17.4 Å². The molecule has 5 rings (SSSR count). The summed E-state index contributed by atoms with van der Waals surface area (Å²) < 4.78 is 39.5. The SMILES string of the molecule is O=C(O)c1ccc(Oc2nc(C3CCOCC3)c(-c3ccc(F)c(F)c3)c3cccc(O)c23)cc1. The van der Waals surface area contributed by atoms with Gasteiger partial charge in [0, 0.05) is 30.1 Å². The van der Waals surface area contributed by atoms with Crippen LogP contribution in [0.2, 0.25) is 0 Å². The topological polar surface area (TPSA) is 88.9 Å². The highest BCUT2D eigenvalue weighted by molar-refractivity contribution is 6.03. The van der Waals surface area contributed by atoms with Crippen LogP contribution in [0.4, 0.5) is 8.78 Å². The number of phenolic OH excluding ortho intramolecular Hbond substituents is 1. The summed E-state index contributed by atoms with van der Waals surface area (Å²) in [6.45, 7) is 1.07. The fourth-order valence-corrected chi connectivity index (χ4v) is 4.40. The maximum Gasteiger partial charge on any atom is 0.335 e. The molecule has 0 saturated carbocycles. The molecule has 1 aliphatic heterocycles. The number of carbonyl (C=O) groups is 1. The number of ether oxygens (including phenoxy) is 2. The van der Waals surface area contributed by atoms with E-state index >= 15 is 0 Å². The summed E-state index contributed by atoms with van der Waals surface area (Å²) in [5.41, 5.74) is 1.77. The van der Waals surface area contributed by atoms with Crippen LogP contribution in [0.3, 0.4) is 0 Å². The first-order valence-electron chi connectivity index (χ1n) is 11.1. The summed E-state index contributed by atoms with van der Waals surface area (Å²) in [5.74, 6) is -2.64. The van der Waals surface area contributed by atoms with Crippen LogP contribution in [0.1, 0.15) is 34.8 Å². The Morgan fingerprint density at radius 2 is 1.74 bits per heavy atom. The molecule has 2 N–H and O–H groups in total. The Bertz CT molecular complexity index is 1420. The number of rotatable bonds is 5. The van der Waals surface area contributed by atoms with Crippen molar-refractivity contribution in [3.05, 3.63) is 83.6 Å². The van der Waals surface area contributed by atoms with E-state index in [1.165, 1.54) is 36.4 Å². The molecule has 1 saturated heterocycles. The summed E-state index contributed by atoms with van der Waals surface area (Å²) in [7, 11) is 0. The third kappa shape index (κ3) is 4.40. The van der Waals surface area contributed by atoms with E-state index in [2.05, 4.69) is 0 Å². The molecule has 35 heavy (non-hydrogen) atoms. The number of hydrogen-bond acceptors (Lipinski definition) is 5. The van der Waals surface area contributed by atoms with Gasteiger partial charge >= 0.3 is 5.97 Å². The third-order valence-corrected chi connectivity index (χ3v) is 6.14. The smallest absolute Gasteiger partial charge is 0.335 e. The molecule has 2 heterocycles. The zero-order chi connectivity index (χ0) is 24.5. The van der Waals surface area contributed by atoms with Crippen LogP contribution in [-0.2, 0) is 4.74 Å². The highest BCUT2D eigenvalue weighted by Gasteiger charge is 2.27. The number of carboxylic acids is 1. The number of pyridine rings is 1. The minimum Gasteiger partial charge on any atom is -0.507 e. The first kappa shape index (κ1) is 22.7.